The molecule has 2 atom stereocenters. The highest BCUT2D eigenvalue weighted by Gasteiger charge is 2.41. The second-order valence-corrected chi connectivity index (χ2v) is 7.80. The van der Waals surface area contributed by atoms with Crippen molar-refractivity contribution in [1.29, 1.82) is 0 Å². The number of rotatable bonds is 2. The molecule has 6 nitrogen and oxygen atoms in total. The Hall–Kier alpha value is -3.71. The van der Waals surface area contributed by atoms with E-state index >= 15 is 0 Å². The van der Waals surface area contributed by atoms with Crippen LogP contribution in [0.3, 0.4) is 0 Å². The van der Waals surface area contributed by atoms with E-state index in [4.69, 9.17) is 16.3 Å². The lowest BCUT2D eigenvalue weighted by molar-refractivity contribution is 0.223. The number of aromatic nitrogens is 4. The molecule has 2 aliphatic rings. The number of ether oxygens (including phenoxy) is 1. The van der Waals surface area contributed by atoms with E-state index in [1.165, 1.54) is 18.5 Å². The maximum atomic E-state index is 13.7. The summed E-state index contributed by atoms with van der Waals surface area (Å²) < 4.78 is 21.9. The largest absolute Gasteiger partial charge is 0.480 e. The number of hydrogen-bond donors (Lipinski definition) is 1. The van der Waals surface area contributed by atoms with Gasteiger partial charge in [-0.15, -0.1) is 0 Å². The van der Waals surface area contributed by atoms with E-state index in [1.54, 1.807) is 30.6 Å². The van der Waals surface area contributed by atoms with Gasteiger partial charge in [-0.2, -0.15) is 10.1 Å². The zero-order valence-electron chi connectivity index (χ0n) is 16.0. The van der Waals surface area contributed by atoms with Gasteiger partial charge in [0, 0.05) is 28.6 Å². The van der Waals surface area contributed by atoms with Crippen LogP contribution in [0.1, 0.15) is 28.8 Å². The minimum absolute atomic E-state index is 0.301. The summed E-state index contributed by atoms with van der Waals surface area (Å²) in [7, 11) is 0. The summed E-state index contributed by atoms with van der Waals surface area (Å²) in [6.07, 6.45) is 4.57. The highest BCUT2D eigenvalue weighted by atomic mass is 35.5. The Bertz CT molecular complexity index is 1320. The molecule has 0 spiro atoms. The van der Waals surface area contributed by atoms with Crippen molar-refractivity contribution in [3.63, 3.8) is 0 Å². The molecule has 0 bridgehead atoms. The van der Waals surface area contributed by atoms with E-state index < -0.39 is 6.10 Å². The maximum Gasteiger partial charge on any atom is 0.226 e. The van der Waals surface area contributed by atoms with Crippen molar-refractivity contribution in [1.82, 2.24) is 19.7 Å². The molecule has 0 fully saturated rings. The van der Waals surface area contributed by atoms with Gasteiger partial charge in [-0.05, 0) is 47.5 Å². The molecule has 0 radical (unpaired) electrons. The Kier molecular flexibility index (Phi) is 4.04. The van der Waals surface area contributed by atoms with Gasteiger partial charge >= 0.3 is 0 Å². The molecular formula is C23H15ClFN5O. The van der Waals surface area contributed by atoms with Gasteiger partial charge in [0.1, 0.15) is 30.0 Å². The second kappa shape index (κ2) is 6.92. The van der Waals surface area contributed by atoms with Crippen LogP contribution in [0.2, 0.25) is 5.02 Å². The fourth-order valence-electron chi connectivity index (χ4n) is 4.21. The predicted octanol–water partition coefficient (Wildman–Crippen LogP) is 5.03. The average Bonchev–Trinajstić information content (AvgIpc) is 3.27. The minimum Gasteiger partial charge on any atom is -0.480 e. The Morgan fingerprint density at radius 3 is 2.74 bits per heavy atom. The summed E-state index contributed by atoms with van der Waals surface area (Å²) >= 11 is 6.32. The first-order valence-corrected chi connectivity index (χ1v) is 10.1. The van der Waals surface area contributed by atoms with Crippen molar-refractivity contribution in [2.75, 3.05) is 5.32 Å². The number of benzene rings is 2. The Balaban J connectivity index is 1.64. The third-order valence-corrected chi connectivity index (χ3v) is 5.78. The molecule has 0 saturated carbocycles. The SMILES string of the molecule is Fc1ccc([C@@H]2Oc3ccc(Cl)cc3C3=C2[C@@H](c2cccnc2)n2ncnc2N3)cc1. The van der Waals surface area contributed by atoms with Crippen LogP contribution in [0.5, 0.6) is 5.75 Å². The molecule has 2 aromatic heterocycles. The van der Waals surface area contributed by atoms with Crippen molar-refractivity contribution < 1.29 is 9.13 Å². The lowest BCUT2D eigenvalue weighted by Gasteiger charge is -2.38. The summed E-state index contributed by atoms with van der Waals surface area (Å²) in [6, 6.07) is 15.4. The normalized spacial score (nSPS) is 19.0. The molecule has 2 aromatic carbocycles. The molecule has 0 aliphatic carbocycles. The Morgan fingerprint density at radius 2 is 1.94 bits per heavy atom. The lowest BCUT2D eigenvalue weighted by atomic mass is 9.85. The van der Waals surface area contributed by atoms with Crippen LogP contribution in [-0.4, -0.2) is 19.7 Å². The van der Waals surface area contributed by atoms with E-state index in [0.29, 0.717) is 16.7 Å². The number of nitrogens with one attached hydrogen (secondary N) is 1. The highest BCUT2D eigenvalue weighted by molar-refractivity contribution is 6.30. The van der Waals surface area contributed by atoms with Crippen LogP contribution in [0.4, 0.5) is 10.3 Å². The van der Waals surface area contributed by atoms with Crippen molar-refractivity contribution >= 4 is 23.2 Å². The van der Waals surface area contributed by atoms with E-state index in [0.717, 1.165) is 28.0 Å². The van der Waals surface area contributed by atoms with Gasteiger partial charge in [-0.3, -0.25) is 4.98 Å². The molecular weight excluding hydrogens is 417 g/mol. The standard InChI is InChI=1S/C23H15ClFN5O/c24-15-5-8-18-17(10-15)20-19(22(31-18)13-3-6-16(25)7-4-13)21(14-2-1-9-26-11-14)30-23(29-20)27-12-28-30/h1-12,21-22H,(H,27,28,29)/t21-,22+/m1/s1. The molecule has 1 N–H and O–H groups in total. The molecule has 31 heavy (non-hydrogen) atoms. The first-order chi connectivity index (χ1) is 15.2. The summed E-state index contributed by atoms with van der Waals surface area (Å²) in [5, 5.41) is 8.47. The van der Waals surface area contributed by atoms with Crippen molar-refractivity contribution in [2.24, 2.45) is 0 Å². The molecule has 0 unspecified atom stereocenters. The van der Waals surface area contributed by atoms with Crippen LogP contribution in [0, 0.1) is 5.82 Å². The zero-order chi connectivity index (χ0) is 20.9. The molecule has 4 heterocycles. The molecule has 2 aliphatic heterocycles. The second-order valence-electron chi connectivity index (χ2n) is 7.36. The molecule has 0 amide bonds. The quantitative estimate of drug-likeness (QED) is 0.482. The van der Waals surface area contributed by atoms with Gasteiger partial charge in [0.2, 0.25) is 5.95 Å². The van der Waals surface area contributed by atoms with Crippen LogP contribution < -0.4 is 10.1 Å². The average molecular weight is 432 g/mol. The van der Waals surface area contributed by atoms with Crippen molar-refractivity contribution in [3.05, 3.63) is 106 Å². The minimum atomic E-state index is -0.473. The van der Waals surface area contributed by atoms with Crippen LogP contribution in [-0.2, 0) is 0 Å². The van der Waals surface area contributed by atoms with Gasteiger partial charge in [-0.1, -0.05) is 29.8 Å². The maximum absolute atomic E-state index is 13.7. The third-order valence-electron chi connectivity index (χ3n) is 5.55. The zero-order valence-corrected chi connectivity index (χ0v) is 16.8. The van der Waals surface area contributed by atoms with Crippen LogP contribution in [0.15, 0.2) is 78.9 Å². The molecule has 0 saturated heterocycles. The number of anilines is 1. The Morgan fingerprint density at radius 1 is 1.06 bits per heavy atom. The number of hydrogen-bond acceptors (Lipinski definition) is 5. The summed E-state index contributed by atoms with van der Waals surface area (Å²) in [6.45, 7) is 0. The van der Waals surface area contributed by atoms with Gasteiger partial charge in [0.15, 0.2) is 0 Å². The topological polar surface area (TPSA) is 64.9 Å². The Labute approximate surface area is 182 Å². The van der Waals surface area contributed by atoms with Crippen molar-refractivity contribution in [3.8, 4) is 5.75 Å². The fourth-order valence-corrected chi connectivity index (χ4v) is 4.38. The summed E-state index contributed by atoms with van der Waals surface area (Å²) in [4.78, 5) is 8.70. The number of pyridine rings is 1. The fraction of sp³-hybridized carbons (Fsp3) is 0.0870. The van der Waals surface area contributed by atoms with Crippen LogP contribution in [0.25, 0.3) is 5.70 Å². The third kappa shape index (κ3) is 2.89. The molecule has 6 rings (SSSR count). The van der Waals surface area contributed by atoms with Gasteiger partial charge < -0.3 is 10.1 Å². The lowest BCUT2D eigenvalue weighted by Crippen LogP contribution is -2.32. The monoisotopic (exact) mass is 431 g/mol. The number of halogens is 2. The van der Waals surface area contributed by atoms with Crippen LogP contribution >= 0.6 is 11.6 Å². The smallest absolute Gasteiger partial charge is 0.226 e. The summed E-state index contributed by atoms with van der Waals surface area (Å²) in [5.74, 6) is 0.992. The van der Waals surface area contributed by atoms with E-state index in [1.807, 2.05) is 28.9 Å². The molecule has 8 heteroatoms. The van der Waals surface area contributed by atoms with Crippen molar-refractivity contribution in [2.45, 2.75) is 12.1 Å². The van der Waals surface area contributed by atoms with Gasteiger partial charge in [0.05, 0.1) is 5.70 Å². The number of nitrogens with zero attached hydrogens (tertiary/aromatic N) is 4. The molecule has 4 aromatic rings. The molecule has 152 valence electrons. The first-order valence-electron chi connectivity index (χ1n) is 9.71. The van der Waals surface area contributed by atoms with E-state index in [9.17, 15) is 4.39 Å². The van der Waals surface area contributed by atoms with Gasteiger partial charge in [0.25, 0.3) is 0 Å². The first kappa shape index (κ1) is 18.1. The highest BCUT2D eigenvalue weighted by Crippen LogP contribution is 2.50. The summed E-state index contributed by atoms with van der Waals surface area (Å²) in [5.41, 5.74) is 4.38. The predicted molar refractivity (Wildman–Crippen MR) is 114 cm³/mol. The number of fused-ring (bicyclic) bond motifs is 3. The van der Waals surface area contributed by atoms with Gasteiger partial charge in [-0.25, -0.2) is 9.07 Å². The van der Waals surface area contributed by atoms with E-state index in [2.05, 4.69) is 20.4 Å². The van der Waals surface area contributed by atoms with E-state index in [-0.39, 0.29) is 11.9 Å².